The third-order valence-electron chi connectivity index (χ3n) is 14.2. The van der Waals surface area contributed by atoms with Gasteiger partial charge in [-0.15, -0.1) is 0 Å². The molecule has 1 heterocycles. The summed E-state index contributed by atoms with van der Waals surface area (Å²) in [5.41, 5.74) is 5.51. The summed E-state index contributed by atoms with van der Waals surface area (Å²) in [5.74, 6) is -10.00. The van der Waals surface area contributed by atoms with Crippen LogP contribution in [0, 0.1) is 35.5 Å². The van der Waals surface area contributed by atoms with Crippen LogP contribution in [0.3, 0.4) is 0 Å². The van der Waals surface area contributed by atoms with Gasteiger partial charge in [0.25, 0.3) is 0 Å². The molecule has 0 aliphatic carbocycles. The molecule has 1 fully saturated rings. The molecule has 0 unspecified atom stereocenters. The molecule has 0 aromatic heterocycles. The summed E-state index contributed by atoms with van der Waals surface area (Å²) in [6, 6.07) is -9.50. The Hall–Kier alpha value is -5.30. The molecule has 0 radical (unpaired) electrons. The highest BCUT2D eigenvalue weighted by Gasteiger charge is 2.39. The van der Waals surface area contributed by atoms with Crippen molar-refractivity contribution in [3.63, 3.8) is 0 Å². The number of carbonyl (C=O) groups is 10. The van der Waals surface area contributed by atoms with Gasteiger partial charge in [0.05, 0.1) is 12.8 Å². The first kappa shape index (κ1) is 66.7. The Balaban J connectivity index is 4.02. The highest BCUT2D eigenvalue weighted by atomic mass is 16.5. The number of hydrogen-bond acceptors (Lipinski definition) is 11. The minimum atomic E-state index is -1.72. The largest absolute Gasteiger partial charge is 0.481 e. The molecule has 1 saturated heterocycles. The third kappa shape index (κ3) is 25.3. The second-order valence-electron chi connectivity index (χ2n) is 21.8. The summed E-state index contributed by atoms with van der Waals surface area (Å²) < 4.78 is 6.10. The van der Waals surface area contributed by atoms with Gasteiger partial charge in [0, 0.05) is 6.42 Å². The first-order valence-electron chi connectivity index (χ1n) is 27.6. The number of rotatable bonds is 25. The van der Waals surface area contributed by atoms with Gasteiger partial charge in [-0.05, 0) is 67.6 Å². The minimum absolute atomic E-state index is 0.0465. The number of primary amides is 1. The molecular weight excluding hydrogens is 953 g/mol. The van der Waals surface area contributed by atoms with Crippen LogP contribution in [0.5, 0.6) is 0 Å². The maximum absolute atomic E-state index is 14.3. The second-order valence-corrected chi connectivity index (χ2v) is 21.8. The molecule has 8 amide bonds. The normalized spacial score (nSPS) is 25.3. The Kier molecular flexibility index (Phi) is 31.6. The zero-order valence-electron chi connectivity index (χ0n) is 46.8. The molecule has 0 spiro atoms. The fraction of sp³-hybridized carbons (Fsp3) is 0.815. The molecule has 20 heteroatoms. The fourth-order valence-corrected chi connectivity index (χ4v) is 8.65. The molecule has 0 aromatic rings. The molecule has 0 aromatic carbocycles. The Morgan fingerprint density at radius 2 is 0.946 bits per heavy atom. The number of carboxylic acid groups (broad SMARTS) is 1. The van der Waals surface area contributed by atoms with Crippen LogP contribution >= 0.6 is 0 Å². The quantitative estimate of drug-likeness (QED) is 0.0439. The molecule has 12 atom stereocenters. The number of amides is 8. The van der Waals surface area contributed by atoms with E-state index in [9.17, 15) is 53.1 Å². The van der Waals surface area contributed by atoms with Crippen LogP contribution in [0.15, 0.2) is 0 Å². The zero-order valence-corrected chi connectivity index (χ0v) is 46.8. The van der Waals surface area contributed by atoms with Gasteiger partial charge < -0.3 is 52.8 Å². The van der Waals surface area contributed by atoms with Crippen molar-refractivity contribution in [3.05, 3.63) is 0 Å². The zero-order chi connectivity index (χ0) is 56.2. The van der Waals surface area contributed by atoms with E-state index >= 15 is 0 Å². The van der Waals surface area contributed by atoms with Crippen molar-refractivity contribution in [3.8, 4) is 0 Å². The van der Waals surface area contributed by atoms with Gasteiger partial charge in [-0.3, -0.25) is 43.2 Å². The van der Waals surface area contributed by atoms with E-state index in [4.69, 9.17) is 10.5 Å². The van der Waals surface area contributed by atoms with E-state index in [1.807, 2.05) is 20.8 Å². The fourth-order valence-electron chi connectivity index (χ4n) is 8.65. The monoisotopic (exact) mass is 1050 g/mol. The summed E-state index contributed by atoms with van der Waals surface area (Å²) in [6.07, 6.45) is 6.47. The van der Waals surface area contributed by atoms with Crippen LogP contribution < -0.4 is 43.0 Å². The molecule has 1 rings (SSSR count). The number of cyclic esters (lactones) is 1. The molecule has 0 saturated carbocycles. The lowest BCUT2D eigenvalue weighted by molar-refractivity contribution is -0.156. The lowest BCUT2D eigenvalue weighted by Crippen LogP contribution is -2.61. The lowest BCUT2D eigenvalue weighted by atomic mass is 9.95. The van der Waals surface area contributed by atoms with E-state index in [1.165, 1.54) is 0 Å². The van der Waals surface area contributed by atoms with Gasteiger partial charge in [-0.1, -0.05) is 147 Å². The van der Waals surface area contributed by atoms with Gasteiger partial charge in [-0.2, -0.15) is 0 Å². The first-order valence-corrected chi connectivity index (χ1v) is 27.6. The number of carboxylic acids is 1. The molecular formula is C54H96N8O12. The van der Waals surface area contributed by atoms with Crippen molar-refractivity contribution in [2.75, 3.05) is 0 Å². The number of unbranched alkanes of at least 4 members (excludes halogenated alkanes) is 5. The van der Waals surface area contributed by atoms with Crippen molar-refractivity contribution in [1.82, 2.24) is 37.2 Å². The number of carbonyl (C=O) groups excluding carboxylic acids is 9. The van der Waals surface area contributed by atoms with Crippen molar-refractivity contribution < 1.29 is 57.8 Å². The Morgan fingerprint density at radius 1 is 0.527 bits per heavy atom. The summed E-state index contributed by atoms with van der Waals surface area (Å²) in [7, 11) is 0. The lowest BCUT2D eigenvalue weighted by Gasteiger charge is -2.31. The highest BCUT2D eigenvalue weighted by Crippen LogP contribution is 2.20. The first-order chi connectivity index (χ1) is 34.8. The van der Waals surface area contributed by atoms with Gasteiger partial charge in [0.15, 0.2) is 0 Å². The number of esters is 1. The molecule has 74 heavy (non-hydrogen) atoms. The van der Waals surface area contributed by atoms with Crippen LogP contribution in [0.2, 0.25) is 0 Å². The smallest absolute Gasteiger partial charge is 0.329 e. The van der Waals surface area contributed by atoms with E-state index < -0.39 is 138 Å². The maximum atomic E-state index is 14.3. The number of nitrogens with one attached hydrogen (secondary N) is 7. The van der Waals surface area contributed by atoms with E-state index in [2.05, 4.69) is 51.1 Å². The van der Waals surface area contributed by atoms with Gasteiger partial charge in [0.1, 0.15) is 48.4 Å². The average Bonchev–Trinajstić information content (AvgIpc) is 3.33. The van der Waals surface area contributed by atoms with Crippen LogP contribution in [-0.2, 0) is 52.7 Å². The molecule has 424 valence electrons. The van der Waals surface area contributed by atoms with Crippen LogP contribution in [0.4, 0.5) is 0 Å². The average molecular weight is 1050 g/mol. The van der Waals surface area contributed by atoms with Crippen LogP contribution in [0.25, 0.3) is 0 Å². The number of nitrogens with two attached hydrogens (primary N) is 1. The van der Waals surface area contributed by atoms with Crippen LogP contribution in [0.1, 0.15) is 199 Å². The Labute approximate surface area is 441 Å². The third-order valence-corrected chi connectivity index (χ3v) is 14.2. The minimum Gasteiger partial charge on any atom is -0.481 e. The van der Waals surface area contributed by atoms with Crippen molar-refractivity contribution in [2.45, 2.75) is 247 Å². The van der Waals surface area contributed by atoms with Gasteiger partial charge >= 0.3 is 11.9 Å². The van der Waals surface area contributed by atoms with E-state index in [1.54, 1.807) is 48.5 Å². The summed E-state index contributed by atoms with van der Waals surface area (Å²) in [4.78, 5) is 138. The van der Waals surface area contributed by atoms with E-state index in [-0.39, 0.29) is 43.9 Å². The summed E-state index contributed by atoms with van der Waals surface area (Å²) in [6.45, 7) is 22.2. The Morgan fingerprint density at radius 3 is 1.41 bits per heavy atom. The van der Waals surface area contributed by atoms with Crippen molar-refractivity contribution >= 4 is 59.2 Å². The molecule has 10 N–H and O–H groups in total. The molecule has 20 nitrogen and oxygen atoms in total. The predicted molar refractivity (Wildman–Crippen MR) is 282 cm³/mol. The molecule has 1 aliphatic rings. The van der Waals surface area contributed by atoms with Crippen molar-refractivity contribution in [1.29, 1.82) is 0 Å². The maximum Gasteiger partial charge on any atom is 0.329 e. The molecule has 1 aliphatic heterocycles. The topological polar surface area (TPSA) is 310 Å². The SMILES string of the molecule is CC[C@H](C)CCCCCCCC[C@@H]1CC(=O)N[C@@H](CCC(N)=O)C(=O)N[C@@H]([C@@H](C)CC)C(=O)N[C@H](CC(C)C)C(=O)N[C@@H]([C@@H](C)CC)C(=O)N[C@@H](CC(=O)O)C(=O)N[C@@H](CC(C)C)C(=O)N[C@@H]([C@@H](C)CC)C(=O)O1. The van der Waals surface area contributed by atoms with Crippen molar-refractivity contribution in [2.24, 2.45) is 41.2 Å². The molecule has 0 bridgehead atoms. The highest BCUT2D eigenvalue weighted by molar-refractivity contribution is 5.98. The summed E-state index contributed by atoms with van der Waals surface area (Å²) >= 11 is 0. The second kappa shape index (κ2) is 35.0. The number of hydrogen-bond donors (Lipinski definition) is 9. The summed E-state index contributed by atoms with van der Waals surface area (Å²) in [5, 5.41) is 28.7. The predicted octanol–water partition coefficient (Wildman–Crippen LogP) is 4.83. The van der Waals surface area contributed by atoms with Gasteiger partial charge in [0.2, 0.25) is 47.3 Å². The number of aliphatic carboxylic acids is 1. The van der Waals surface area contributed by atoms with Gasteiger partial charge in [-0.25, -0.2) is 4.79 Å². The van der Waals surface area contributed by atoms with Crippen LogP contribution in [-0.4, -0.2) is 113 Å². The van der Waals surface area contributed by atoms with E-state index in [0.29, 0.717) is 31.6 Å². The van der Waals surface area contributed by atoms with E-state index in [0.717, 1.165) is 44.9 Å². The standard InChI is InChI=1S/C54H96N8O12/c1-13-33(9)23-21-19-17-18-20-22-24-37-29-43(64)56-38(25-26-42(55)63)48(67)60-45(34(10)14-2)52(71)58-40(28-32(7)8)50(69)61-46(35(11)15-3)53(72)59-41(30-44(65)66)49(68)57-39(27-31(5)6)51(70)62-47(36(12)16-4)54(73)74-37/h31-41,45-47H,13-30H2,1-12H3,(H2,55,63)(H,56,64)(H,57,68)(H,58,71)(H,59,72)(H,60,67)(H,61,69)(H,62,70)(H,65,66)/t33-,34-,35-,36-,37+,38-,39-,40+,41-,45-,46-,47-/m0/s1. The number of ether oxygens (including phenoxy) is 1. The Bertz CT molecular complexity index is 1830.